The van der Waals surface area contributed by atoms with E-state index in [4.69, 9.17) is 0 Å². The Hall–Kier alpha value is -1.12. The Bertz CT molecular complexity index is 342. The van der Waals surface area contributed by atoms with Crippen molar-refractivity contribution in [3.63, 3.8) is 0 Å². The summed E-state index contributed by atoms with van der Waals surface area (Å²) in [4.78, 5) is 18.8. The van der Waals surface area contributed by atoms with Crippen molar-refractivity contribution >= 4 is 11.6 Å². The molecule has 1 rings (SSSR count). The van der Waals surface area contributed by atoms with Gasteiger partial charge in [-0.1, -0.05) is 13.8 Å². The van der Waals surface area contributed by atoms with Gasteiger partial charge in [-0.2, -0.15) is 0 Å². The lowest BCUT2D eigenvalue weighted by atomic mass is 10.1. The number of hydrogen-bond acceptors (Lipinski definition) is 2. The lowest BCUT2D eigenvalue weighted by molar-refractivity contribution is -0.115. The van der Waals surface area contributed by atoms with E-state index in [1.54, 1.807) is 0 Å². The van der Waals surface area contributed by atoms with Crippen LogP contribution in [0, 0.1) is 0 Å². The van der Waals surface area contributed by atoms with Gasteiger partial charge in [-0.3, -0.25) is 4.79 Å². The molecule has 1 aliphatic rings. The fourth-order valence-electron chi connectivity index (χ4n) is 1.97. The van der Waals surface area contributed by atoms with E-state index in [-0.39, 0.29) is 5.78 Å². The quantitative estimate of drug-likeness (QED) is 0.687. The Labute approximate surface area is 105 Å². The van der Waals surface area contributed by atoms with Crippen LogP contribution in [0.4, 0.5) is 0 Å². The first kappa shape index (κ1) is 13.9. The van der Waals surface area contributed by atoms with Crippen LogP contribution < -0.4 is 0 Å². The van der Waals surface area contributed by atoms with Crippen molar-refractivity contribution in [2.24, 2.45) is 4.99 Å². The molecule has 1 heterocycles. The largest absolute Gasteiger partial charge is 0.363 e. The Balaban J connectivity index is 2.96. The predicted octanol–water partition coefficient (Wildman–Crippen LogP) is 3.16. The number of ketones is 1. The van der Waals surface area contributed by atoms with Gasteiger partial charge in [0.05, 0.1) is 0 Å². The standard InChI is InChI=1S/C14H24N2O/c1-5-8-12(17)14(11(3)6-2)15-13-9-7-10-16(13)4/h5-10H2,1-4H3/b14-11-,15-13?. The minimum absolute atomic E-state index is 0.194. The summed E-state index contributed by atoms with van der Waals surface area (Å²) in [6.07, 6.45) is 4.53. The van der Waals surface area contributed by atoms with Crippen molar-refractivity contribution in [1.29, 1.82) is 0 Å². The Morgan fingerprint density at radius 1 is 1.41 bits per heavy atom. The second-order valence-corrected chi connectivity index (χ2v) is 4.71. The van der Waals surface area contributed by atoms with E-state index in [9.17, 15) is 4.79 Å². The van der Waals surface area contributed by atoms with Gasteiger partial charge in [-0.25, -0.2) is 4.99 Å². The minimum Gasteiger partial charge on any atom is -0.363 e. The monoisotopic (exact) mass is 236 g/mol. The van der Waals surface area contributed by atoms with Gasteiger partial charge in [0.1, 0.15) is 11.5 Å². The molecule has 0 unspecified atom stereocenters. The van der Waals surface area contributed by atoms with Gasteiger partial charge in [0, 0.05) is 26.4 Å². The average Bonchev–Trinajstić information content (AvgIpc) is 2.71. The summed E-state index contributed by atoms with van der Waals surface area (Å²) in [5.74, 6) is 1.26. The van der Waals surface area contributed by atoms with Crippen LogP contribution in [0.25, 0.3) is 0 Å². The zero-order valence-corrected chi connectivity index (χ0v) is 11.5. The highest BCUT2D eigenvalue weighted by atomic mass is 16.1. The topological polar surface area (TPSA) is 32.7 Å². The van der Waals surface area contributed by atoms with Crippen molar-refractivity contribution in [3.05, 3.63) is 11.3 Å². The van der Waals surface area contributed by atoms with E-state index in [0.717, 1.165) is 43.6 Å². The van der Waals surface area contributed by atoms with Gasteiger partial charge in [-0.15, -0.1) is 0 Å². The maximum Gasteiger partial charge on any atom is 0.181 e. The first-order valence-corrected chi connectivity index (χ1v) is 6.61. The summed E-state index contributed by atoms with van der Waals surface area (Å²) >= 11 is 0. The lowest BCUT2D eigenvalue weighted by Crippen LogP contribution is -2.20. The number of rotatable bonds is 5. The highest BCUT2D eigenvalue weighted by molar-refractivity contribution is 5.99. The molecule has 1 fully saturated rings. The fourth-order valence-corrected chi connectivity index (χ4v) is 1.97. The zero-order valence-electron chi connectivity index (χ0n) is 11.5. The molecule has 96 valence electrons. The van der Waals surface area contributed by atoms with Crippen molar-refractivity contribution in [3.8, 4) is 0 Å². The molecule has 0 bridgehead atoms. The fraction of sp³-hybridized carbons (Fsp3) is 0.714. The molecule has 0 N–H and O–H groups in total. The summed E-state index contributed by atoms with van der Waals surface area (Å²) in [5.41, 5.74) is 1.81. The van der Waals surface area contributed by atoms with Crippen LogP contribution in [0.15, 0.2) is 16.3 Å². The molecule has 0 amide bonds. The smallest absolute Gasteiger partial charge is 0.181 e. The van der Waals surface area contributed by atoms with Gasteiger partial charge >= 0.3 is 0 Å². The Morgan fingerprint density at radius 2 is 2.12 bits per heavy atom. The predicted molar refractivity (Wildman–Crippen MR) is 72.2 cm³/mol. The lowest BCUT2D eigenvalue weighted by Gasteiger charge is -2.13. The van der Waals surface area contributed by atoms with Crippen LogP contribution in [0.1, 0.15) is 52.9 Å². The van der Waals surface area contributed by atoms with Gasteiger partial charge in [-0.05, 0) is 31.8 Å². The third-order valence-electron chi connectivity index (χ3n) is 3.25. The van der Waals surface area contributed by atoms with Crippen LogP contribution in [-0.4, -0.2) is 30.1 Å². The first-order valence-electron chi connectivity index (χ1n) is 6.61. The normalized spacial score (nSPS) is 19.8. The first-order chi connectivity index (χ1) is 8.10. The molecule has 0 atom stereocenters. The van der Waals surface area contributed by atoms with Gasteiger partial charge in [0.2, 0.25) is 0 Å². The van der Waals surface area contributed by atoms with Crippen LogP contribution in [0.5, 0.6) is 0 Å². The summed E-state index contributed by atoms with van der Waals surface area (Å²) < 4.78 is 0. The number of Topliss-reactive ketones (excluding diaryl/α,β-unsaturated/α-hetero) is 1. The number of likely N-dealkylation sites (tertiary alicyclic amines) is 1. The molecular weight excluding hydrogens is 212 g/mol. The van der Waals surface area contributed by atoms with Gasteiger partial charge < -0.3 is 4.90 Å². The molecule has 0 radical (unpaired) electrons. The number of nitrogens with zero attached hydrogens (tertiary/aromatic N) is 2. The molecule has 0 aromatic carbocycles. The van der Waals surface area contributed by atoms with E-state index in [1.807, 2.05) is 13.8 Å². The van der Waals surface area contributed by atoms with Crippen molar-refractivity contribution < 1.29 is 4.79 Å². The molecule has 3 heteroatoms. The van der Waals surface area contributed by atoms with E-state index in [2.05, 4.69) is 23.9 Å². The molecule has 1 aliphatic heterocycles. The summed E-state index contributed by atoms with van der Waals surface area (Å²) in [6, 6.07) is 0. The number of aliphatic imine (C=N–C) groups is 1. The van der Waals surface area contributed by atoms with Crippen LogP contribution in [0.2, 0.25) is 0 Å². The number of allylic oxidation sites excluding steroid dienone is 2. The summed E-state index contributed by atoms with van der Waals surface area (Å²) in [6.45, 7) is 7.18. The van der Waals surface area contributed by atoms with Crippen LogP contribution >= 0.6 is 0 Å². The van der Waals surface area contributed by atoms with Gasteiger partial charge in [0.15, 0.2) is 5.78 Å². The minimum atomic E-state index is 0.194. The Kier molecular flexibility index (Phi) is 5.39. The number of carbonyl (C=O) groups excluding carboxylic acids is 1. The molecule has 17 heavy (non-hydrogen) atoms. The molecule has 0 aliphatic carbocycles. The van der Waals surface area contributed by atoms with E-state index >= 15 is 0 Å². The van der Waals surface area contributed by atoms with Crippen LogP contribution in [-0.2, 0) is 4.79 Å². The molecular formula is C14H24N2O. The molecule has 0 aromatic heterocycles. The number of amidine groups is 1. The van der Waals surface area contributed by atoms with Crippen molar-refractivity contribution in [1.82, 2.24) is 4.90 Å². The van der Waals surface area contributed by atoms with E-state index in [0.29, 0.717) is 12.1 Å². The maximum atomic E-state index is 12.1. The van der Waals surface area contributed by atoms with E-state index in [1.165, 1.54) is 0 Å². The third-order valence-corrected chi connectivity index (χ3v) is 3.25. The van der Waals surface area contributed by atoms with Crippen LogP contribution in [0.3, 0.4) is 0 Å². The SMILES string of the molecule is CCCC(=O)/C(N=C1CCCN1C)=C(\C)CC. The number of hydrogen-bond donors (Lipinski definition) is 0. The highest BCUT2D eigenvalue weighted by Crippen LogP contribution is 2.17. The molecule has 0 spiro atoms. The van der Waals surface area contributed by atoms with Crippen molar-refractivity contribution in [2.45, 2.75) is 52.9 Å². The molecule has 0 saturated carbocycles. The van der Waals surface area contributed by atoms with Crippen molar-refractivity contribution in [2.75, 3.05) is 13.6 Å². The molecule has 3 nitrogen and oxygen atoms in total. The van der Waals surface area contributed by atoms with E-state index < -0.39 is 0 Å². The summed E-state index contributed by atoms with van der Waals surface area (Å²) in [7, 11) is 2.05. The maximum absolute atomic E-state index is 12.1. The highest BCUT2D eigenvalue weighted by Gasteiger charge is 2.17. The number of carbonyl (C=O) groups is 1. The Morgan fingerprint density at radius 3 is 2.59 bits per heavy atom. The average molecular weight is 236 g/mol. The third kappa shape index (κ3) is 3.69. The van der Waals surface area contributed by atoms with Gasteiger partial charge in [0.25, 0.3) is 0 Å². The second kappa shape index (κ2) is 6.58. The zero-order chi connectivity index (χ0) is 12.8. The summed E-state index contributed by atoms with van der Waals surface area (Å²) in [5, 5.41) is 0. The molecule has 0 aromatic rings. The molecule has 1 saturated heterocycles. The second-order valence-electron chi connectivity index (χ2n) is 4.71.